The molecule has 1 N–H and O–H groups in total. The highest BCUT2D eigenvalue weighted by molar-refractivity contribution is 5.76. The third-order valence-corrected chi connectivity index (χ3v) is 4.19. The molecule has 3 aromatic rings. The lowest BCUT2D eigenvalue weighted by Gasteiger charge is -2.11. The molecule has 5 nitrogen and oxygen atoms in total. The number of para-hydroxylation sites is 1. The van der Waals surface area contributed by atoms with E-state index in [9.17, 15) is 9.18 Å². The van der Waals surface area contributed by atoms with Crippen molar-refractivity contribution in [1.82, 2.24) is 15.1 Å². The zero-order chi connectivity index (χ0) is 19.9. The Labute approximate surface area is 163 Å². The summed E-state index contributed by atoms with van der Waals surface area (Å²) in [4.78, 5) is 12.0. The van der Waals surface area contributed by atoms with E-state index in [-0.39, 0.29) is 18.1 Å². The van der Waals surface area contributed by atoms with Crippen LogP contribution in [0, 0.1) is 12.7 Å². The number of nitrogens with zero attached hydrogens (tertiary/aromatic N) is 2. The fraction of sp³-hybridized carbons (Fsp3) is 0.182. The van der Waals surface area contributed by atoms with Gasteiger partial charge in [-0.2, -0.15) is 5.10 Å². The van der Waals surface area contributed by atoms with Crippen LogP contribution in [-0.4, -0.2) is 22.2 Å². The van der Waals surface area contributed by atoms with E-state index in [4.69, 9.17) is 4.74 Å². The Morgan fingerprint density at radius 2 is 2.04 bits per heavy atom. The van der Waals surface area contributed by atoms with Gasteiger partial charge in [0.2, 0.25) is 11.8 Å². The maximum atomic E-state index is 13.6. The van der Waals surface area contributed by atoms with Gasteiger partial charge in [0.05, 0.1) is 11.4 Å². The summed E-state index contributed by atoms with van der Waals surface area (Å²) in [6, 6.07) is 15.5. The number of benzene rings is 2. The molecule has 1 heterocycles. The Balaban J connectivity index is 1.94. The number of rotatable bonds is 8. The van der Waals surface area contributed by atoms with Gasteiger partial charge in [0.15, 0.2) is 0 Å². The molecule has 0 bridgehead atoms. The summed E-state index contributed by atoms with van der Waals surface area (Å²) in [5, 5.41) is 7.35. The number of carbonyl (C=O) groups is 1. The second-order valence-corrected chi connectivity index (χ2v) is 6.27. The molecule has 0 spiro atoms. The molecule has 144 valence electrons. The summed E-state index contributed by atoms with van der Waals surface area (Å²) >= 11 is 0. The first-order chi connectivity index (χ1) is 13.6. The maximum Gasteiger partial charge on any atom is 0.226 e. The Morgan fingerprint density at radius 1 is 1.25 bits per heavy atom. The Morgan fingerprint density at radius 3 is 2.75 bits per heavy atom. The molecule has 0 aliphatic rings. The molecule has 0 atom stereocenters. The van der Waals surface area contributed by atoms with Gasteiger partial charge in [0, 0.05) is 24.6 Å². The first-order valence-corrected chi connectivity index (χ1v) is 9.03. The molecule has 0 unspecified atom stereocenters. The van der Waals surface area contributed by atoms with E-state index in [0.717, 1.165) is 16.9 Å². The van der Waals surface area contributed by atoms with E-state index in [1.54, 1.807) is 22.9 Å². The first-order valence-electron chi connectivity index (χ1n) is 9.03. The Bertz CT molecular complexity index is 967. The van der Waals surface area contributed by atoms with Crippen molar-refractivity contribution in [1.29, 1.82) is 0 Å². The van der Waals surface area contributed by atoms with Gasteiger partial charge in [0.1, 0.15) is 11.6 Å². The van der Waals surface area contributed by atoms with Crippen LogP contribution in [0.25, 0.3) is 5.69 Å². The number of aryl methyl sites for hydroxylation is 1. The minimum Gasteiger partial charge on any atom is -0.439 e. The van der Waals surface area contributed by atoms with Crippen LogP contribution in [0.5, 0.6) is 11.6 Å². The summed E-state index contributed by atoms with van der Waals surface area (Å²) in [5.74, 6) is 0.383. The van der Waals surface area contributed by atoms with Crippen molar-refractivity contribution in [3.05, 3.63) is 84.3 Å². The molecule has 0 aliphatic heterocycles. The summed E-state index contributed by atoms with van der Waals surface area (Å²) in [7, 11) is 0. The molecule has 6 heteroatoms. The second-order valence-electron chi connectivity index (χ2n) is 6.27. The van der Waals surface area contributed by atoms with Crippen LogP contribution in [0.15, 0.2) is 67.3 Å². The highest BCUT2D eigenvalue weighted by Gasteiger charge is 2.19. The van der Waals surface area contributed by atoms with Crippen LogP contribution in [0.1, 0.15) is 17.7 Å². The van der Waals surface area contributed by atoms with Crippen molar-refractivity contribution in [2.45, 2.75) is 19.8 Å². The molecule has 1 amide bonds. The van der Waals surface area contributed by atoms with Crippen LogP contribution in [0.3, 0.4) is 0 Å². The van der Waals surface area contributed by atoms with Gasteiger partial charge in [0.25, 0.3) is 0 Å². The molecule has 1 aromatic heterocycles. The second kappa shape index (κ2) is 8.99. The molecular formula is C22H22FN3O2. The summed E-state index contributed by atoms with van der Waals surface area (Å²) in [6.07, 6.45) is 2.37. The van der Waals surface area contributed by atoms with Crippen molar-refractivity contribution >= 4 is 5.91 Å². The molecule has 0 aliphatic carbocycles. The van der Waals surface area contributed by atoms with Crippen LogP contribution in [0.4, 0.5) is 4.39 Å². The number of aromatic nitrogens is 2. The highest BCUT2D eigenvalue weighted by Crippen LogP contribution is 2.31. The standard InChI is InChI=1S/C22H22FN3O2/c1-3-14-24-21(27)13-12-20-16(2)25-26(18-9-5-4-6-10-18)22(20)28-19-11-7-8-17(23)15-19/h3-11,15H,1,12-14H2,2H3,(H,24,27). The van der Waals surface area contributed by atoms with Gasteiger partial charge in [-0.15, -0.1) is 6.58 Å². The normalized spacial score (nSPS) is 10.5. The lowest BCUT2D eigenvalue weighted by atomic mass is 10.1. The average Bonchev–Trinajstić information content (AvgIpc) is 3.00. The number of nitrogens with one attached hydrogen (secondary N) is 1. The molecule has 28 heavy (non-hydrogen) atoms. The van der Waals surface area contributed by atoms with E-state index in [1.807, 2.05) is 37.3 Å². The lowest BCUT2D eigenvalue weighted by molar-refractivity contribution is -0.120. The van der Waals surface area contributed by atoms with Crippen LogP contribution < -0.4 is 10.1 Å². The molecule has 2 aromatic carbocycles. The maximum absolute atomic E-state index is 13.6. The number of amides is 1. The zero-order valence-corrected chi connectivity index (χ0v) is 15.7. The number of ether oxygens (including phenoxy) is 1. The van der Waals surface area contributed by atoms with E-state index < -0.39 is 0 Å². The molecular weight excluding hydrogens is 357 g/mol. The largest absolute Gasteiger partial charge is 0.439 e. The third kappa shape index (κ3) is 4.65. The fourth-order valence-corrected chi connectivity index (χ4v) is 2.83. The SMILES string of the molecule is C=CCNC(=O)CCc1c(C)nn(-c2ccccc2)c1Oc1cccc(F)c1. The smallest absolute Gasteiger partial charge is 0.226 e. The molecule has 0 saturated heterocycles. The van der Waals surface area contributed by atoms with Gasteiger partial charge < -0.3 is 10.1 Å². The Hall–Kier alpha value is -3.41. The highest BCUT2D eigenvalue weighted by atomic mass is 19.1. The topological polar surface area (TPSA) is 56.2 Å². The third-order valence-electron chi connectivity index (χ3n) is 4.19. The van der Waals surface area contributed by atoms with Crippen LogP contribution in [-0.2, 0) is 11.2 Å². The van der Waals surface area contributed by atoms with Crippen LogP contribution in [0.2, 0.25) is 0 Å². The van der Waals surface area contributed by atoms with Crippen molar-refractivity contribution in [3.63, 3.8) is 0 Å². The first kappa shape index (κ1) is 19.4. The van der Waals surface area contributed by atoms with Crippen molar-refractivity contribution in [3.8, 4) is 17.3 Å². The minimum atomic E-state index is -0.384. The predicted octanol–water partition coefficient (Wildman–Crippen LogP) is 4.35. The van der Waals surface area contributed by atoms with Crippen molar-refractivity contribution in [2.75, 3.05) is 6.54 Å². The minimum absolute atomic E-state index is 0.0801. The number of halogens is 1. The summed E-state index contributed by atoms with van der Waals surface area (Å²) in [6.45, 7) is 5.89. The van der Waals surface area contributed by atoms with Gasteiger partial charge in [-0.3, -0.25) is 4.79 Å². The monoisotopic (exact) mass is 379 g/mol. The van der Waals surface area contributed by atoms with E-state index >= 15 is 0 Å². The number of hydrogen-bond donors (Lipinski definition) is 1. The fourth-order valence-electron chi connectivity index (χ4n) is 2.83. The van der Waals surface area contributed by atoms with E-state index in [1.165, 1.54) is 12.1 Å². The molecule has 0 radical (unpaired) electrons. The van der Waals surface area contributed by atoms with Gasteiger partial charge in [-0.05, 0) is 37.6 Å². The zero-order valence-electron chi connectivity index (χ0n) is 15.7. The van der Waals surface area contributed by atoms with Crippen molar-refractivity contribution in [2.24, 2.45) is 0 Å². The summed E-state index contributed by atoms with van der Waals surface area (Å²) in [5.41, 5.74) is 2.38. The van der Waals surface area contributed by atoms with Gasteiger partial charge >= 0.3 is 0 Å². The van der Waals surface area contributed by atoms with Crippen molar-refractivity contribution < 1.29 is 13.9 Å². The van der Waals surface area contributed by atoms with E-state index in [2.05, 4.69) is 17.0 Å². The predicted molar refractivity (Wildman–Crippen MR) is 106 cm³/mol. The van der Waals surface area contributed by atoms with E-state index in [0.29, 0.717) is 24.6 Å². The quantitative estimate of drug-likeness (QED) is 0.592. The number of carbonyl (C=O) groups excluding carboxylic acids is 1. The average molecular weight is 379 g/mol. The summed E-state index contributed by atoms with van der Waals surface area (Å²) < 4.78 is 21.3. The van der Waals surface area contributed by atoms with Gasteiger partial charge in [-0.1, -0.05) is 30.3 Å². The van der Waals surface area contributed by atoms with Crippen LogP contribution >= 0.6 is 0 Å². The Kier molecular flexibility index (Phi) is 6.22. The number of hydrogen-bond acceptors (Lipinski definition) is 3. The molecule has 0 saturated carbocycles. The lowest BCUT2D eigenvalue weighted by Crippen LogP contribution is -2.23. The van der Waals surface area contributed by atoms with Gasteiger partial charge in [-0.25, -0.2) is 9.07 Å². The molecule has 0 fully saturated rings. The molecule has 3 rings (SSSR count).